The van der Waals surface area contributed by atoms with E-state index in [1.165, 1.54) is 42.7 Å². The maximum atomic E-state index is 13.2. The molecule has 0 amide bonds. The summed E-state index contributed by atoms with van der Waals surface area (Å²) >= 11 is 0. The van der Waals surface area contributed by atoms with E-state index in [1.807, 2.05) is 0 Å². The first-order valence-corrected chi connectivity index (χ1v) is 5.76. The molecule has 2 aromatic carbocycles. The third-order valence-corrected chi connectivity index (χ3v) is 2.82. The molecular weight excluding hydrogens is 250 g/mol. The van der Waals surface area contributed by atoms with Crippen molar-refractivity contribution >= 4 is 11.0 Å². The highest BCUT2D eigenvalue weighted by atomic mass is 19.1. The molecule has 96 valence electrons. The summed E-state index contributed by atoms with van der Waals surface area (Å²) in [6.45, 7) is 0.238. The van der Waals surface area contributed by atoms with Crippen molar-refractivity contribution in [2.45, 2.75) is 6.61 Å². The summed E-state index contributed by atoms with van der Waals surface area (Å²) in [6.07, 6.45) is 1.54. The molecule has 3 aromatic rings. The fraction of sp³-hybridized carbons (Fsp3) is 0.0667. The average molecular weight is 260 g/mol. The van der Waals surface area contributed by atoms with Crippen LogP contribution in [0, 0.1) is 11.6 Å². The number of hydrogen-bond acceptors (Lipinski definition) is 2. The van der Waals surface area contributed by atoms with Crippen molar-refractivity contribution in [1.82, 2.24) is 0 Å². The van der Waals surface area contributed by atoms with Crippen molar-refractivity contribution in [3.05, 3.63) is 65.9 Å². The van der Waals surface area contributed by atoms with Crippen LogP contribution in [0.25, 0.3) is 11.0 Å². The van der Waals surface area contributed by atoms with Crippen LogP contribution in [-0.4, -0.2) is 0 Å². The highest BCUT2D eigenvalue weighted by Crippen LogP contribution is 2.23. The van der Waals surface area contributed by atoms with Crippen LogP contribution < -0.4 is 4.74 Å². The molecule has 0 aliphatic carbocycles. The van der Waals surface area contributed by atoms with E-state index in [9.17, 15) is 8.78 Å². The fourth-order valence-corrected chi connectivity index (χ4v) is 1.86. The molecule has 19 heavy (non-hydrogen) atoms. The van der Waals surface area contributed by atoms with E-state index in [-0.39, 0.29) is 18.2 Å². The second kappa shape index (κ2) is 4.72. The second-order valence-corrected chi connectivity index (χ2v) is 4.14. The van der Waals surface area contributed by atoms with E-state index in [1.54, 1.807) is 6.07 Å². The molecule has 0 bridgehead atoms. The molecule has 2 nitrogen and oxygen atoms in total. The minimum absolute atomic E-state index is 0.238. The Hall–Kier alpha value is -2.36. The first kappa shape index (κ1) is 11.7. The molecule has 0 spiro atoms. The van der Waals surface area contributed by atoms with E-state index >= 15 is 0 Å². The Morgan fingerprint density at radius 2 is 1.68 bits per heavy atom. The van der Waals surface area contributed by atoms with Crippen LogP contribution in [-0.2, 0) is 6.61 Å². The lowest BCUT2D eigenvalue weighted by atomic mass is 10.2. The van der Waals surface area contributed by atoms with E-state index in [0.29, 0.717) is 16.7 Å². The normalized spacial score (nSPS) is 10.8. The van der Waals surface area contributed by atoms with Gasteiger partial charge < -0.3 is 9.15 Å². The van der Waals surface area contributed by atoms with Gasteiger partial charge >= 0.3 is 0 Å². The number of rotatable bonds is 3. The van der Waals surface area contributed by atoms with Gasteiger partial charge in [0.1, 0.15) is 29.6 Å². The van der Waals surface area contributed by atoms with E-state index in [4.69, 9.17) is 9.15 Å². The van der Waals surface area contributed by atoms with Gasteiger partial charge in [-0.3, -0.25) is 0 Å². The molecule has 1 heterocycles. The summed E-state index contributed by atoms with van der Waals surface area (Å²) < 4.78 is 36.7. The van der Waals surface area contributed by atoms with Crippen molar-refractivity contribution in [2.75, 3.05) is 0 Å². The predicted molar refractivity (Wildman–Crippen MR) is 66.9 cm³/mol. The Morgan fingerprint density at radius 1 is 0.947 bits per heavy atom. The Labute approximate surface area is 108 Å². The average Bonchev–Trinajstić information content (AvgIpc) is 2.80. The van der Waals surface area contributed by atoms with Crippen LogP contribution in [0.2, 0.25) is 0 Å². The van der Waals surface area contributed by atoms with Crippen molar-refractivity contribution in [2.24, 2.45) is 0 Å². The molecular formula is C15H10F2O2. The number of ether oxygens (including phenoxy) is 1. The fourth-order valence-electron chi connectivity index (χ4n) is 1.86. The quantitative estimate of drug-likeness (QED) is 0.701. The maximum Gasteiger partial charge on any atom is 0.134 e. The molecule has 0 N–H and O–H groups in total. The van der Waals surface area contributed by atoms with Gasteiger partial charge in [-0.2, -0.15) is 0 Å². The molecule has 0 unspecified atom stereocenters. The number of fused-ring (bicyclic) bond motifs is 1. The summed E-state index contributed by atoms with van der Waals surface area (Å²) in [6, 6.07) is 10.0. The lowest BCUT2D eigenvalue weighted by Gasteiger charge is -2.04. The SMILES string of the molecule is Fc1ccc(OCc2coc3ccc(F)cc23)cc1. The molecule has 1 aromatic heterocycles. The zero-order valence-electron chi connectivity index (χ0n) is 9.90. The van der Waals surface area contributed by atoms with Gasteiger partial charge in [0.2, 0.25) is 0 Å². The molecule has 0 radical (unpaired) electrons. The lowest BCUT2D eigenvalue weighted by molar-refractivity contribution is 0.305. The van der Waals surface area contributed by atoms with Gasteiger partial charge in [-0.1, -0.05) is 0 Å². The summed E-state index contributed by atoms with van der Waals surface area (Å²) in [4.78, 5) is 0. The third kappa shape index (κ3) is 2.42. The van der Waals surface area contributed by atoms with Crippen LogP contribution in [0.3, 0.4) is 0 Å². The number of benzene rings is 2. The molecule has 0 aliphatic heterocycles. The molecule has 0 saturated heterocycles. The summed E-state index contributed by atoms with van der Waals surface area (Å²) in [5.41, 5.74) is 1.36. The highest BCUT2D eigenvalue weighted by molar-refractivity contribution is 5.80. The topological polar surface area (TPSA) is 22.4 Å². The van der Waals surface area contributed by atoms with Crippen LogP contribution >= 0.6 is 0 Å². The minimum atomic E-state index is -0.322. The van der Waals surface area contributed by atoms with Gasteiger partial charge in [-0.15, -0.1) is 0 Å². The van der Waals surface area contributed by atoms with Crippen LogP contribution in [0.1, 0.15) is 5.56 Å². The molecule has 4 heteroatoms. The number of halogens is 2. The van der Waals surface area contributed by atoms with E-state index < -0.39 is 0 Å². The van der Waals surface area contributed by atoms with Gasteiger partial charge in [0.15, 0.2) is 0 Å². The van der Waals surface area contributed by atoms with Gasteiger partial charge in [0, 0.05) is 10.9 Å². The zero-order valence-corrected chi connectivity index (χ0v) is 9.90. The lowest BCUT2D eigenvalue weighted by Crippen LogP contribution is -1.94. The minimum Gasteiger partial charge on any atom is -0.489 e. The predicted octanol–water partition coefficient (Wildman–Crippen LogP) is 4.29. The first-order chi connectivity index (χ1) is 9.22. The Balaban J connectivity index is 1.81. The number of hydrogen-bond donors (Lipinski definition) is 0. The first-order valence-electron chi connectivity index (χ1n) is 5.76. The van der Waals surface area contributed by atoms with Crippen LogP contribution in [0.5, 0.6) is 5.75 Å². The Kier molecular flexibility index (Phi) is 2.91. The number of furan rings is 1. The highest BCUT2D eigenvalue weighted by Gasteiger charge is 2.07. The van der Waals surface area contributed by atoms with Crippen molar-refractivity contribution in [3.8, 4) is 5.75 Å². The van der Waals surface area contributed by atoms with Gasteiger partial charge in [-0.05, 0) is 42.5 Å². The van der Waals surface area contributed by atoms with Crippen molar-refractivity contribution in [3.63, 3.8) is 0 Å². The second-order valence-electron chi connectivity index (χ2n) is 4.14. The molecule has 0 saturated carbocycles. The molecule has 0 aliphatic rings. The summed E-state index contributed by atoms with van der Waals surface area (Å²) in [7, 11) is 0. The van der Waals surface area contributed by atoms with Gasteiger partial charge in [0.05, 0.1) is 6.26 Å². The van der Waals surface area contributed by atoms with Gasteiger partial charge in [-0.25, -0.2) is 8.78 Å². The van der Waals surface area contributed by atoms with E-state index in [2.05, 4.69) is 0 Å². The van der Waals surface area contributed by atoms with E-state index in [0.717, 1.165) is 5.56 Å². The largest absolute Gasteiger partial charge is 0.489 e. The van der Waals surface area contributed by atoms with Crippen molar-refractivity contribution in [1.29, 1.82) is 0 Å². The Bertz CT molecular complexity index is 702. The molecule has 0 atom stereocenters. The maximum absolute atomic E-state index is 13.2. The van der Waals surface area contributed by atoms with Crippen molar-refractivity contribution < 1.29 is 17.9 Å². The standard InChI is InChI=1S/C15H10F2O2/c16-11-1-4-13(5-2-11)18-8-10-9-19-15-6-3-12(17)7-14(10)15/h1-7,9H,8H2. The smallest absolute Gasteiger partial charge is 0.134 e. The third-order valence-electron chi connectivity index (χ3n) is 2.82. The summed E-state index contributed by atoms with van der Waals surface area (Å²) in [5.74, 6) is -0.0905. The van der Waals surface area contributed by atoms with Crippen LogP contribution in [0.4, 0.5) is 8.78 Å². The molecule has 3 rings (SSSR count). The van der Waals surface area contributed by atoms with Gasteiger partial charge in [0.25, 0.3) is 0 Å². The molecule has 0 fully saturated rings. The monoisotopic (exact) mass is 260 g/mol. The summed E-state index contributed by atoms with van der Waals surface area (Å²) in [5, 5.41) is 0.683. The Morgan fingerprint density at radius 3 is 2.47 bits per heavy atom. The van der Waals surface area contributed by atoms with Crippen LogP contribution in [0.15, 0.2) is 53.1 Å². The zero-order chi connectivity index (χ0) is 13.2.